The topological polar surface area (TPSA) is 42.1 Å². The lowest BCUT2D eigenvalue weighted by Gasteiger charge is -1.94. The van der Waals surface area contributed by atoms with Gasteiger partial charge in [-0.05, 0) is 25.1 Å². The van der Waals surface area contributed by atoms with Gasteiger partial charge in [0, 0.05) is 4.88 Å². The van der Waals surface area contributed by atoms with E-state index in [1.807, 2.05) is 19.1 Å². The molecule has 16 heavy (non-hydrogen) atoms. The van der Waals surface area contributed by atoms with Gasteiger partial charge in [-0.2, -0.15) is 0 Å². The first-order chi connectivity index (χ1) is 7.61. The molecule has 2 rings (SSSR count). The summed E-state index contributed by atoms with van der Waals surface area (Å²) in [7, 11) is 1.36. The summed E-state index contributed by atoms with van der Waals surface area (Å²) >= 11 is 7.57. The van der Waals surface area contributed by atoms with Gasteiger partial charge < -0.3 is 9.72 Å². The van der Waals surface area contributed by atoms with Crippen molar-refractivity contribution >= 4 is 28.9 Å². The highest BCUT2D eigenvalue weighted by molar-refractivity contribution is 7.16. The van der Waals surface area contributed by atoms with Gasteiger partial charge in [-0.1, -0.05) is 11.6 Å². The fourth-order valence-electron chi connectivity index (χ4n) is 1.36. The Hall–Kier alpha value is -1.26. The molecule has 0 aliphatic heterocycles. The molecule has 0 saturated heterocycles. The minimum atomic E-state index is -0.370. The Bertz CT molecular complexity index is 510. The van der Waals surface area contributed by atoms with E-state index in [0.717, 1.165) is 20.5 Å². The highest BCUT2D eigenvalue weighted by Gasteiger charge is 2.11. The number of nitrogens with one attached hydrogen (secondary N) is 1. The average Bonchev–Trinajstić information content (AvgIpc) is 2.86. The Balaban J connectivity index is 2.35. The molecule has 3 nitrogen and oxygen atoms in total. The van der Waals surface area contributed by atoms with Crippen LogP contribution in [0.5, 0.6) is 0 Å². The maximum absolute atomic E-state index is 11.3. The van der Waals surface area contributed by atoms with Crippen molar-refractivity contribution in [2.24, 2.45) is 0 Å². The Kier molecular flexibility index (Phi) is 3.03. The van der Waals surface area contributed by atoms with Crippen LogP contribution < -0.4 is 0 Å². The number of carbonyl (C=O) groups is 1. The van der Waals surface area contributed by atoms with Crippen LogP contribution in [0.4, 0.5) is 0 Å². The minimum absolute atomic E-state index is 0.370. The number of aryl methyl sites for hydroxylation is 1. The maximum Gasteiger partial charge on any atom is 0.354 e. The Morgan fingerprint density at radius 1 is 1.50 bits per heavy atom. The third-order valence-corrected chi connectivity index (χ3v) is 3.80. The lowest BCUT2D eigenvalue weighted by Crippen LogP contribution is -2.00. The van der Waals surface area contributed by atoms with E-state index in [1.165, 1.54) is 7.11 Å². The van der Waals surface area contributed by atoms with Crippen LogP contribution in [-0.2, 0) is 4.74 Å². The number of carbonyl (C=O) groups excluding carboxylic acids is 1. The predicted molar refractivity (Wildman–Crippen MR) is 65.2 cm³/mol. The summed E-state index contributed by atoms with van der Waals surface area (Å²) in [6, 6.07) is 5.42. The number of halogens is 1. The number of rotatable bonds is 2. The fraction of sp³-hybridized carbons (Fsp3) is 0.182. The van der Waals surface area contributed by atoms with Crippen molar-refractivity contribution in [2.75, 3.05) is 7.11 Å². The van der Waals surface area contributed by atoms with Crippen molar-refractivity contribution in [3.05, 3.63) is 33.8 Å². The van der Waals surface area contributed by atoms with E-state index in [0.29, 0.717) is 5.69 Å². The average molecular weight is 256 g/mol. The molecule has 0 aliphatic rings. The molecule has 0 saturated carbocycles. The van der Waals surface area contributed by atoms with E-state index in [4.69, 9.17) is 11.6 Å². The number of aromatic nitrogens is 1. The second kappa shape index (κ2) is 4.31. The van der Waals surface area contributed by atoms with Crippen LogP contribution in [0.25, 0.3) is 10.6 Å². The highest BCUT2D eigenvalue weighted by atomic mass is 35.5. The van der Waals surface area contributed by atoms with Crippen LogP contribution in [-0.4, -0.2) is 18.1 Å². The minimum Gasteiger partial charge on any atom is -0.464 e. The molecule has 0 spiro atoms. The SMILES string of the molecule is COC(=O)c1ccc(-c2cc(Cl)c(C)s2)[nH]1. The molecule has 0 bridgehead atoms. The van der Waals surface area contributed by atoms with Gasteiger partial charge in [-0.25, -0.2) is 4.79 Å². The molecule has 84 valence electrons. The number of hydrogen-bond acceptors (Lipinski definition) is 3. The van der Waals surface area contributed by atoms with Gasteiger partial charge in [-0.3, -0.25) is 0 Å². The van der Waals surface area contributed by atoms with Crippen molar-refractivity contribution in [1.82, 2.24) is 4.98 Å². The quantitative estimate of drug-likeness (QED) is 0.835. The van der Waals surface area contributed by atoms with Gasteiger partial charge in [0.15, 0.2) is 0 Å². The third kappa shape index (κ3) is 1.99. The van der Waals surface area contributed by atoms with E-state index in [-0.39, 0.29) is 5.97 Å². The zero-order valence-electron chi connectivity index (χ0n) is 8.83. The van der Waals surface area contributed by atoms with Crippen LogP contribution in [0.2, 0.25) is 5.02 Å². The molecule has 2 aromatic rings. The Morgan fingerprint density at radius 3 is 2.81 bits per heavy atom. The van der Waals surface area contributed by atoms with Gasteiger partial charge in [0.25, 0.3) is 0 Å². The zero-order chi connectivity index (χ0) is 11.7. The second-order valence-corrected chi connectivity index (χ2v) is 4.96. The summed E-state index contributed by atoms with van der Waals surface area (Å²) in [6.45, 7) is 1.96. The standard InChI is InChI=1S/C11H10ClNO2S/c1-6-7(12)5-10(16-6)8-3-4-9(13-8)11(14)15-2/h3-5,13H,1-2H3. The van der Waals surface area contributed by atoms with Crippen LogP contribution in [0.3, 0.4) is 0 Å². The molecule has 2 heterocycles. The molecule has 5 heteroatoms. The van der Waals surface area contributed by atoms with E-state index in [1.54, 1.807) is 17.4 Å². The third-order valence-electron chi connectivity index (χ3n) is 2.21. The molecular weight excluding hydrogens is 246 g/mol. The zero-order valence-corrected chi connectivity index (χ0v) is 10.4. The van der Waals surface area contributed by atoms with Crippen molar-refractivity contribution in [1.29, 1.82) is 0 Å². The summed E-state index contributed by atoms with van der Waals surface area (Å²) in [6.07, 6.45) is 0. The monoisotopic (exact) mass is 255 g/mol. The number of aromatic amines is 1. The van der Waals surface area contributed by atoms with Gasteiger partial charge in [0.05, 0.1) is 22.7 Å². The molecule has 0 amide bonds. The number of hydrogen-bond donors (Lipinski definition) is 1. The van der Waals surface area contributed by atoms with Gasteiger partial charge in [0.1, 0.15) is 5.69 Å². The summed E-state index contributed by atoms with van der Waals surface area (Å²) in [5, 5.41) is 0.745. The van der Waals surface area contributed by atoms with Crippen molar-refractivity contribution in [3.63, 3.8) is 0 Å². The smallest absolute Gasteiger partial charge is 0.354 e. The number of H-pyrrole nitrogens is 1. The molecule has 1 N–H and O–H groups in total. The molecule has 0 aliphatic carbocycles. The van der Waals surface area contributed by atoms with Crippen LogP contribution >= 0.6 is 22.9 Å². The van der Waals surface area contributed by atoms with Crippen molar-refractivity contribution in [3.8, 4) is 10.6 Å². The van der Waals surface area contributed by atoms with E-state index in [2.05, 4.69) is 9.72 Å². The first kappa shape index (κ1) is 11.2. The number of methoxy groups -OCH3 is 1. The number of thiophene rings is 1. The van der Waals surface area contributed by atoms with Gasteiger partial charge >= 0.3 is 5.97 Å². The molecule has 0 radical (unpaired) electrons. The summed E-state index contributed by atoms with van der Waals surface area (Å²) in [5.74, 6) is -0.370. The first-order valence-corrected chi connectivity index (χ1v) is 5.85. The summed E-state index contributed by atoms with van der Waals surface area (Å²) < 4.78 is 4.62. The summed E-state index contributed by atoms with van der Waals surface area (Å²) in [4.78, 5) is 16.3. The lowest BCUT2D eigenvalue weighted by molar-refractivity contribution is 0.0595. The molecular formula is C11H10ClNO2S. The number of ether oxygens (including phenoxy) is 1. The Morgan fingerprint density at radius 2 is 2.25 bits per heavy atom. The summed E-state index contributed by atoms with van der Waals surface area (Å²) in [5.41, 5.74) is 1.32. The van der Waals surface area contributed by atoms with E-state index >= 15 is 0 Å². The van der Waals surface area contributed by atoms with E-state index < -0.39 is 0 Å². The highest BCUT2D eigenvalue weighted by Crippen LogP contribution is 2.33. The fourth-order valence-corrected chi connectivity index (χ4v) is 2.54. The second-order valence-electron chi connectivity index (χ2n) is 3.29. The van der Waals surface area contributed by atoms with Crippen molar-refractivity contribution in [2.45, 2.75) is 6.92 Å². The maximum atomic E-state index is 11.3. The van der Waals surface area contributed by atoms with Crippen molar-refractivity contribution < 1.29 is 9.53 Å². The number of esters is 1. The van der Waals surface area contributed by atoms with Crippen LogP contribution in [0.15, 0.2) is 18.2 Å². The molecule has 0 aromatic carbocycles. The molecule has 2 aromatic heterocycles. The Labute approximate surface area is 102 Å². The van der Waals surface area contributed by atoms with Gasteiger partial charge in [-0.15, -0.1) is 11.3 Å². The molecule has 0 atom stereocenters. The van der Waals surface area contributed by atoms with Crippen LogP contribution in [0, 0.1) is 6.92 Å². The normalized spacial score (nSPS) is 10.4. The lowest BCUT2D eigenvalue weighted by atomic mass is 10.3. The predicted octanol–water partition coefficient (Wildman–Crippen LogP) is 3.49. The molecule has 0 unspecified atom stereocenters. The van der Waals surface area contributed by atoms with Gasteiger partial charge in [0.2, 0.25) is 0 Å². The first-order valence-electron chi connectivity index (χ1n) is 4.65. The molecule has 0 fully saturated rings. The van der Waals surface area contributed by atoms with Crippen LogP contribution in [0.1, 0.15) is 15.4 Å². The van der Waals surface area contributed by atoms with E-state index in [9.17, 15) is 4.79 Å². The largest absolute Gasteiger partial charge is 0.464 e.